The summed E-state index contributed by atoms with van der Waals surface area (Å²) in [6.45, 7) is 13.0. The van der Waals surface area contributed by atoms with Gasteiger partial charge in [0.25, 0.3) is 0 Å². The van der Waals surface area contributed by atoms with Gasteiger partial charge in [-0.05, 0) is 81.9 Å². The van der Waals surface area contributed by atoms with Gasteiger partial charge in [0.05, 0.1) is 12.1 Å². The standard InChI is InChI=1S/C28H45NO5/c1-7-9-10-11-20-14-22(33-18-24(31)32-8-2)25-21-17-27(6,12-13-30)19(3)16-28(21,29)26(4,5)34-23(25)15-20/h14-15,19,21,30H,7-13,16-18,29H2,1-6H3/t19?,21-,27?,28-/m0/s1. The Bertz CT molecular complexity index is 869. The molecule has 3 rings (SSSR count). The molecule has 1 aromatic carbocycles. The van der Waals surface area contributed by atoms with Crippen molar-refractivity contribution in [1.82, 2.24) is 0 Å². The molecule has 0 spiro atoms. The van der Waals surface area contributed by atoms with Crippen LogP contribution in [0.4, 0.5) is 0 Å². The third-order valence-electron chi connectivity index (χ3n) is 8.53. The summed E-state index contributed by atoms with van der Waals surface area (Å²) in [4.78, 5) is 12.1. The van der Waals surface area contributed by atoms with E-state index in [1.54, 1.807) is 6.92 Å². The fraction of sp³-hybridized carbons (Fsp3) is 0.750. The van der Waals surface area contributed by atoms with Crippen LogP contribution in [0.25, 0.3) is 0 Å². The molecule has 1 aromatic rings. The Morgan fingerprint density at radius 3 is 2.59 bits per heavy atom. The summed E-state index contributed by atoms with van der Waals surface area (Å²) in [5.74, 6) is 1.42. The van der Waals surface area contributed by atoms with Crippen LogP contribution in [0.2, 0.25) is 0 Å². The second-order valence-electron chi connectivity index (χ2n) is 11.2. The normalized spacial score (nSPS) is 29.5. The molecule has 3 N–H and O–H groups in total. The van der Waals surface area contributed by atoms with Crippen molar-refractivity contribution < 1.29 is 24.1 Å². The lowest BCUT2D eigenvalue weighted by Crippen LogP contribution is -2.69. The highest BCUT2D eigenvalue weighted by Gasteiger charge is 2.60. The molecule has 4 atom stereocenters. The fourth-order valence-corrected chi connectivity index (χ4v) is 6.01. The van der Waals surface area contributed by atoms with Crippen molar-refractivity contribution in [3.05, 3.63) is 23.3 Å². The van der Waals surface area contributed by atoms with Crippen LogP contribution in [-0.4, -0.2) is 42.0 Å². The van der Waals surface area contributed by atoms with E-state index in [1.165, 1.54) is 0 Å². The maximum absolute atomic E-state index is 12.1. The van der Waals surface area contributed by atoms with E-state index in [9.17, 15) is 9.90 Å². The Labute approximate surface area is 205 Å². The van der Waals surface area contributed by atoms with Crippen LogP contribution in [0.1, 0.15) is 97.1 Å². The van der Waals surface area contributed by atoms with Gasteiger partial charge in [-0.25, -0.2) is 4.79 Å². The molecule has 1 aliphatic heterocycles. The highest BCUT2D eigenvalue weighted by Crippen LogP contribution is 2.61. The Hall–Kier alpha value is -1.79. The molecule has 2 unspecified atom stereocenters. The first kappa shape index (κ1) is 26.8. The summed E-state index contributed by atoms with van der Waals surface area (Å²) in [5.41, 5.74) is 8.13. The number of hydrogen-bond donors (Lipinski definition) is 2. The van der Waals surface area contributed by atoms with Gasteiger partial charge in [0.1, 0.15) is 17.1 Å². The van der Waals surface area contributed by atoms with Crippen LogP contribution < -0.4 is 15.2 Å². The Morgan fingerprint density at radius 1 is 1.21 bits per heavy atom. The zero-order valence-corrected chi connectivity index (χ0v) is 22.0. The lowest BCUT2D eigenvalue weighted by molar-refractivity contribution is -0.145. The van der Waals surface area contributed by atoms with Crippen molar-refractivity contribution in [3.8, 4) is 11.5 Å². The minimum atomic E-state index is -0.597. The number of unbranched alkanes of at least 4 members (excludes halogenated alkanes) is 2. The molecular formula is C28H45NO5. The van der Waals surface area contributed by atoms with Crippen LogP contribution in [0.5, 0.6) is 11.5 Å². The minimum Gasteiger partial charge on any atom is -0.485 e. The number of carbonyl (C=O) groups is 1. The summed E-state index contributed by atoms with van der Waals surface area (Å²) in [6.07, 6.45) is 6.68. The van der Waals surface area contributed by atoms with E-state index in [0.29, 0.717) is 18.3 Å². The molecule has 0 aromatic heterocycles. The number of esters is 1. The van der Waals surface area contributed by atoms with Gasteiger partial charge in [-0.3, -0.25) is 0 Å². The monoisotopic (exact) mass is 475 g/mol. The van der Waals surface area contributed by atoms with Crippen LogP contribution in [-0.2, 0) is 16.0 Å². The Balaban J connectivity index is 2.09. The van der Waals surface area contributed by atoms with Crippen LogP contribution in [0, 0.1) is 11.3 Å². The lowest BCUT2D eigenvalue weighted by atomic mass is 9.51. The van der Waals surface area contributed by atoms with Gasteiger partial charge in [0, 0.05) is 18.1 Å². The van der Waals surface area contributed by atoms with Crippen molar-refractivity contribution in [2.45, 2.75) is 104 Å². The summed E-state index contributed by atoms with van der Waals surface area (Å²) in [7, 11) is 0. The third kappa shape index (κ3) is 5.08. The third-order valence-corrected chi connectivity index (χ3v) is 8.53. The number of aryl methyl sites for hydroxylation is 1. The summed E-state index contributed by atoms with van der Waals surface area (Å²) in [5, 5.41) is 9.82. The van der Waals surface area contributed by atoms with Crippen molar-refractivity contribution in [3.63, 3.8) is 0 Å². The van der Waals surface area contributed by atoms with Gasteiger partial charge in [-0.1, -0.05) is 33.6 Å². The van der Waals surface area contributed by atoms with Crippen molar-refractivity contribution in [1.29, 1.82) is 0 Å². The number of nitrogens with two attached hydrogens (primary N) is 1. The molecule has 192 valence electrons. The van der Waals surface area contributed by atoms with Gasteiger partial charge in [-0.2, -0.15) is 0 Å². The van der Waals surface area contributed by atoms with Crippen molar-refractivity contribution >= 4 is 5.97 Å². The van der Waals surface area contributed by atoms with E-state index in [0.717, 1.165) is 61.8 Å². The van der Waals surface area contributed by atoms with E-state index in [2.05, 4.69) is 46.8 Å². The Morgan fingerprint density at radius 2 is 1.94 bits per heavy atom. The average molecular weight is 476 g/mol. The molecule has 1 heterocycles. The molecule has 34 heavy (non-hydrogen) atoms. The van der Waals surface area contributed by atoms with Crippen LogP contribution in [0.3, 0.4) is 0 Å². The van der Waals surface area contributed by atoms with Crippen LogP contribution in [0.15, 0.2) is 12.1 Å². The molecule has 1 fully saturated rings. The lowest BCUT2D eigenvalue weighted by Gasteiger charge is -2.60. The molecule has 1 saturated carbocycles. The number of aliphatic hydroxyl groups is 1. The number of aliphatic hydroxyl groups excluding tert-OH is 1. The van der Waals surface area contributed by atoms with Gasteiger partial charge in [0.15, 0.2) is 6.61 Å². The molecule has 0 bridgehead atoms. The fourth-order valence-electron chi connectivity index (χ4n) is 6.01. The molecule has 6 heteroatoms. The Kier molecular flexibility index (Phi) is 8.24. The van der Waals surface area contributed by atoms with Gasteiger partial charge >= 0.3 is 5.97 Å². The van der Waals surface area contributed by atoms with Gasteiger partial charge in [0.2, 0.25) is 0 Å². The maximum atomic E-state index is 12.1. The first-order valence-corrected chi connectivity index (χ1v) is 13.0. The predicted molar refractivity (Wildman–Crippen MR) is 134 cm³/mol. The number of benzene rings is 1. The van der Waals surface area contributed by atoms with Gasteiger partial charge < -0.3 is 25.1 Å². The number of ether oxygens (including phenoxy) is 3. The number of carbonyl (C=O) groups excluding carboxylic acids is 1. The summed E-state index contributed by atoms with van der Waals surface area (Å²) < 4.78 is 17.9. The van der Waals surface area contributed by atoms with E-state index in [4.69, 9.17) is 19.9 Å². The molecule has 6 nitrogen and oxygen atoms in total. The molecule has 2 aliphatic rings. The molecule has 1 aliphatic carbocycles. The van der Waals surface area contributed by atoms with Crippen molar-refractivity contribution in [2.24, 2.45) is 17.1 Å². The zero-order valence-electron chi connectivity index (χ0n) is 22.0. The van der Waals surface area contributed by atoms with Gasteiger partial charge in [-0.15, -0.1) is 0 Å². The predicted octanol–water partition coefficient (Wildman–Crippen LogP) is 5.13. The smallest absolute Gasteiger partial charge is 0.344 e. The summed E-state index contributed by atoms with van der Waals surface area (Å²) in [6, 6.07) is 4.21. The number of hydrogen-bond acceptors (Lipinski definition) is 6. The highest BCUT2D eigenvalue weighted by molar-refractivity contribution is 5.71. The summed E-state index contributed by atoms with van der Waals surface area (Å²) >= 11 is 0. The molecule has 0 saturated heterocycles. The highest BCUT2D eigenvalue weighted by atomic mass is 16.6. The van der Waals surface area contributed by atoms with Crippen LogP contribution >= 0.6 is 0 Å². The molecule has 0 amide bonds. The number of rotatable bonds is 10. The quantitative estimate of drug-likeness (QED) is 0.360. The van der Waals surface area contributed by atoms with E-state index in [-0.39, 0.29) is 30.5 Å². The second-order valence-corrected chi connectivity index (χ2v) is 11.2. The minimum absolute atomic E-state index is 0.0131. The SMILES string of the molecule is CCCCCc1cc(OCC(=O)OCC)c2c(c1)OC(C)(C)[C@]1(N)CC(C)C(C)(CCO)C[C@@H]21. The van der Waals surface area contributed by atoms with E-state index >= 15 is 0 Å². The first-order valence-electron chi connectivity index (χ1n) is 13.0. The second kappa shape index (κ2) is 10.4. The average Bonchev–Trinajstić information content (AvgIpc) is 2.75. The first-order chi connectivity index (χ1) is 16.0. The topological polar surface area (TPSA) is 91.0 Å². The van der Waals surface area contributed by atoms with E-state index in [1.807, 2.05) is 0 Å². The van der Waals surface area contributed by atoms with Crippen molar-refractivity contribution in [2.75, 3.05) is 19.8 Å². The number of fused-ring (bicyclic) bond motifs is 3. The maximum Gasteiger partial charge on any atom is 0.344 e. The largest absolute Gasteiger partial charge is 0.485 e. The molecular weight excluding hydrogens is 430 g/mol. The van der Waals surface area contributed by atoms with E-state index < -0.39 is 11.1 Å². The zero-order chi connectivity index (χ0) is 25.1. The molecule has 0 radical (unpaired) electrons.